The molecule has 0 atom stereocenters. The molecule has 0 fully saturated rings. The highest BCUT2D eigenvalue weighted by Crippen LogP contribution is 2.24. The summed E-state index contributed by atoms with van der Waals surface area (Å²) in [5.41, 5.74) is 1.34. The molecular weight excluding hydrogens is 467 g/mol. The molecule has 1 N–H and O–H groups in total. The molecule has 0 aliphatic rings. The fraction of sp³-hybridized carbons (Fsp3) is 0.167. The van der Waals surface area contributed by atoms with Crippen molar-refractivity contribution in [2.75, 3.05) is 22.4 Å². The Hall–Kier alpha value is -3.23. The van der Waals surface area contributed by atoms with Crippen LogP contribution in [-0.2, 0) is 14.8 Å². The number of sulfonamides is 1. The van der Waals surface area contributed by atoms with Gasteiger partial charge < -0.3 is 5.32 Å². The normalized spacial score (nSPS) is 11.1. The van der Waals surface area contributed by atoms with Crippen LogP contribution in [-0.4, -0.2) is 32.9 Å². The maximum Gasteiger partial charge on any atom is 0.232 e. The van der Waals surface area contributed by atoms with Crippen LogP contribution in [0.4, 0.5) is 15.8 Å². The van der Waals surface area contributed by atoms with Gasteiger partial charge in [0.05, 0.1) is 17.6 Å². The van der Waals surface area contributed by atoms with Gasteiger partial charge in [-0.25, -0.2) is 12.8 Å². The van der Waals surface area contributed by atoms with Gasteiger partial charge in [0, 0.05) is 29.1 Å². The van der Waals surface area contributed by atoms with Crippen molar-refractivity contribution < 1.29 is 22.4 Å². The van der Waals surface area contributed by atoms with Crippen LogP contribution in [0.1, 0.15) is 28.8 Å². The molecule has 0 aromatic heterocycles. The second-order valence-electron chi connectivity index (χ2n) is 7.35. The number of benzene rings is 3. The van der Waals surface area contributed by atoms with Gasteiger partial charge in [0.2, 0.25) is 15.9 Å². The molecular formula is C24H22ClFN2O4S. The number of amides is 1. The molecule has 3 rings (SSSR count). The van der Waals surface area contributed by atoms with E-state index in [1.165, 1.54) is 30.3 Å². The van der Waals surface area contributed by atoms with Gasteiger partial charge in [0.1, 0.15) is 5.82 Å². The van der Waals surface area contributed by atoms with E-state index in [0.717, 1.165) is 10.6 Å². The molecule has 0 unspecified atom stereocenters. The number of nitrogens with one attached hydrogen (secondary N) is 1. The molecule has 0 aliphatic carbocycles. The van der Waals surface area contributed by atoms with Crippen LogP contribution in [0.5, 0.6) is 0 Å². The van der Waals surface area contributed by atoms with Crippen LogP contribution in [0.25, 0.3) is 0 Å². The monoisotopic (exact) mass is 488 g/mol. The van der Waals surface area contributed by atoms with Gasteiger partial charge in [-0.1, -0.05) is 41.9 Å². The zero-order valence-electron chi connectivity index (χ0n) is 17.8. The summed E-state index contributed by atoms with van der Waals surface area (Å²) in [5, 5.41) is 3.07. The predicted molar refractivity (Wildman–Crippen MR) is 128 cm³/mol. The largest absolute Gasteiger partial charge is 0.325 e. The molecule has 0 spiro atoms. The molecule has 0 radical (unpaired) electrons. The van der Waals surface area contributed by atoms with Crippen molar-refractivity contribution in [3.8, 4) is 0 Å². The van der Waals surface area contributed by atoms with Gasteiger partial charge in [0.15, 0.2) is 5.78 Å². The Balaban J connectivity index is 1.68. The van der Waals surface area contributed by atoms with Gasteiger partial charge >= 0.3 is 0 Å². The number of hydrogen-bond donors (Lipinski definition) is 1. The maximum atomic E-state index is 13.2. The maximum absolute atomic E-state index is 13.2. The lowest BCUT2D eigenvalue weighted by atomic mass is 10.0. The molecule has 1 amide bonds. The molecule has 0 bridgehead atoms. The molecule has 3 aromatic carbocycles. The number of rotatable bonds is 9. The Morgan fingerprint density at radius 2 is 1.67 bits per heavy atom. The standard InChI is InChI=1S/C24H22ClFN2O4S/c1-33(31,32)28(20-12-10-19(26)11-13-20)15-5-8-23(29)27-22-14-9-18(25)16-21(22)24(30)17-6-3-2-4-7-17/h2-4,6-7,9-14,16H,5,8,15H2,1H3,(H,27,29). The van der Waals surface area contributed by atoms with Crippen LogP contribution in [0, 0.1) is 5.82 Å². The second kappa shape index (κ2) is 10.6. The zero-order valence-corrected chi connectivity index (χ0v) is 19.4. The molecule has 6 nitrogen and oxygen atoms in total. The van der Waals surface area contributed by atoms with Crippen LogP contribution in [0.15, 0.2) is 72.8 Å². The number of anilines is 2. The van der Waals surface area contributed by atoms with Crippen LogP contribution in [0.3, 0.4) is 0 Å². The molecule has 172 valence electrons. The molecule has 9 heteroatoms. The summed E-state index contributed by atoms with van der Waals surface area (Å²) >= 11 is 6.06. The van der Waals surface area contributed by atoms with Crippen LogP contribution in [0.2, 0.25) is 5.02 Å². The zero-order chi connectivity index (χ0) is 24.0. The highest BCUT2D eigenvalue weighted by Gasteiger charge is 2.19. The minimum atomic E-state index is -3.62. The number of carbonyl (C=O) groups is 2. The van der Waals surface area contributed by atoms with Gasteiger partial charge in [-0.15, -0.1) is 0 Å². The highest BCUT2D eigenvalue weighted by atomic mass is 35.5. The first-order valence-corrected chi connectivity index (χ1v) is 12.3. The topological polar surface area (TPSA) is 83.6 Å². The van der Waals surface area contributed by atoms with Crippen molar-refractivity contribution in [2.45, 2.75) is 12.8 Å². The smallest absolute Gasteiger partial charge is 0.232 e. The molecule has 33 heavy (non-hydrogen) atoms. The lowest BCUT2D eigenvalue weighted by Gasteiger charge is -2.22. The van der Waals surface area contributed by atoms with Gasteiger partial charge in [-0.2, -0.15) is 0 Å². The van der Waals surface area contributed by atoms with E-state index >= 15 is 0 Å². The summed E-state index contributed by atoms with van der Waals surface area (Å²) in [6, 6.07) is 18.3. The number of hydrogen-bond acceptors (Lipinski definition) is 4. The van der Waals surface area contributed by atoms with Crippen molar-refractivity contribution in [1.82, 2.24) is 0 Å². The lowest BCUT2D eigenvalue weighted by Crippen LogP contribution is -2.31. The minimum absolute atomic E-state index is 0.00874. The lowest BCUT2D eigenvalue weighted by molar-refractivity contribution is -0.116. The minimum Gasteiger partial charge on any atom is -0.325 e. The molecule has 0 saturated heterocycles. The fourth-order valence-corrected chi connectivity index (χ4v) is 4.39. The van der Waals surface area contributed by atoms with E-state index < -0.39 is 15.8 Å². The van der Waals surface area contributed by atoms with Crippen LogP contribution >= 0.6 is 11.6 Å². The summed E-state index contributed by atoms with van der Waals surface area (Å²) in [6.07, 6.45) is 1.27. The van der Waals surface area contributed by atoms with E-state index in [4.69, 9.17) is 11.6 Å². The number of ketones is 1. The van der Waals surface area contributed by atoms with E-state index in [0.29, 0.717) is 22.0 Å². The number of halogens is 2. The van der Waals surface area contributed by atoms with Gasteiger partial charge in [0.25, 0.3) is 0 Å². The quantitative estimate of drug-likeness (QED) is 0.434. The average Bonchev–Trinajstić information content (AvgIpc) is 2.78. The van der Waals surface area contributed by atoms with Crippen molar-refractivity contribution >= 4 is 44.7 Å². The Kier molecular flexibility index (Phi) is 7.84. The Bertz CT molecular complexity index is 1250. The van der Waals surface area contributed by atoms with Crippen LogP contribution < -0.4 is 9.62 Å². The predicted octanol–water partition coefficient (Wildman–Crippen LogP) is 4.90. The van der Waals surface area contributed by atoms with E-state index in [9.17, 15) is 22.4 Å². The third-order valence-electron chi connectivity index (χ3n) is 4.82. The van der Waals surface area contributed by atoms with E-state index in [1.54, 1.807) is 42.5 Å². The van der Waals surface area contributed by atoms with Gasteiger partial charge in [-0.05, 0) is 48.9 Å². The van der Waals surface area contributed by atoms with E-state index in [-0.39, 0.29) is 36.6 Å². The first-order chi connectivity index (χ1) is 15.6. The molecule has 0 aliphatic heterocycles. The fourth-order valence-electron chi connectivity index (χ4n) is 3.25. The van der Waals surface area contributed by atoms with Crippen molar-refractivity contribution in [2.24, 2.45) is 0 Å². The molecule has 0 saturated carbocycles. The number of carbonyl (C=O) groups excluding carboxylic acids is 2. The van der Waals surface area contributed by atoms with Gasteiger partial charge in [-0.3, -0.25) is 13.9 Å². The van der Waals surface area contributed by atoms with E-state index in [2.05, 4.69) is 5.32 Å². The third kappa shape index (κ3) is 6.63. The Morgan fingerprint density at radius 3 is 2.30 bits per heavy atom. The van der Waals surface area contributed by atoms with Crippen molar-refractivity contribution in [3.05, 3.63) is 94.8 Å². The molecule has 0 heterocycles. The van der Waals surface area contributed by atoms with Crippen molar-refractivity contribution in [3.63, 3.8) is 0 Å². The summed E-state index contributed by atoms with van der Waals surface area (Å²) in [7, 11) is -3.62. The van der Waals surface area contributed by atoms with E-state index in [1.807, 2.05) is 0 Å². The summed E-state index contributed by atoms with van der Waals surface area (Å²) in [5.74, 6) is -1.14. The Morgan fingerprint density at radius 1 is 1.00 bits per heavy atom. The SMILES string of the molecule is CS(=O)(=O)N(CCCC(=O)Nc1ccc(Cl)cc1C(=O)c1ccccc1)c1ccc(F)cc1. The third-order valence-corrected chi connectivity index (χ3v) is 6.25. The number of nitrogens with zero attached hydrogens (tertiary/aromatic N) is 1. The highest BCUT2D eigenvalue weighted by molar-refractivity contribution is 7.92. The van der Waals surface area contributed by atoms with Crippen molar-refractivity contribution in [1.29, 1.82) is 0 Å². The molecule has 3 aromatic rings. The first-order valence-electron chi connectivity index (χ1n) is 10.1. The summed E-state index contributed by atoms with van der Waals surface area (Å²) in [4.78, 5) is 25.4. The first kappa shape index (κ1) is 24.4. The Labute approximate surface area is 197 Å². The summed E-state index contributed by atoms with van der Waals surface area (Å²) in [6.45, 7) is 0.0360. The summed E-state index contributed by atoms with van der Waals surface area (Å²) < 4.78 is 38.6. The average molecular weight is 489 g/mol. The second-order valence-corrected chi connectivity index (χ2v) is 9.69.